The van der Waals surface area contributed by atoms with Crippen molar-refractivity contribution in [1.82, 2.24) is 15.0 Å². The third-order valence-corrected chi connectivity index (χ3v) is 11.8. The van der Waals surface area contributed by atoms with Crippen LogP contribution in [0, 0.1) is 18.2 Å². The first kappa shape index (κ1) is 32.8. The minimum absolute atomic E-state index is 0. The van der Waals surface area contributed by atoms with Crippen LogP contribution in [-0.4, -0.2) is 15.0 Å². The van der Waals surface area contributed by atoms with Gasteiger partial charge >= 0.3 is 20.1 Å². The molecule has 66 heavy (non-hydrogen) atoms. The molecule has 0 atom stereocenters. The third kappa shape index (κ3) is 9.60. The van der Waals surface area contributed by atoms with E-state index in [2.05, 4.69) is 50.9 Å². The first-order valence-corrected chi connectivity index (χ1v) is 21.5. The van der Waals surface area contributed by atoms with Crippen molar-refractivity contribution in [2.24, 2.45) is 0 Å². The number of hydrogen-bond donors (Lipinski definition) is 0. The van der Waals surface area contributed by atoms with Gasteiger partial charge in [0, 0.05) is 34.8 Å². The molecule has 0 saturated carbocycles. The maximum atomic E-state index is 10.0. The third-order valence-electron chi connectivity index (χ3n) is 11.8. The van der Waals surface area contributed by atoms with Crippen LogP contribution >= 0.6 is 0 Å². The molecule has 324 valence electrons. The van der Waals surface area contributed by atoms with Crippen LogP contribution in [0.5, 0.6) is 0 Å². The number of para-hydroxylation sites is 1. The normalized spacial score (nSPS) is 14.6. The maximum Gasteiger partial charge on any atom is 3.00 e. The zero-order chi connectivity index (χ0) is 54.1. The fraction of sp³-hybridized carbons (Fsp3) is 0.164. The van der Waals surface area contributed by atoms with E-state index in [-0.39, 0.29) is 70.0 Å². The van der Waals surface area contributed by atoms with Gasteiger partial charge in [-0.3, -0.25) is 0 Å². The second-order valence-corrected chi connectivity index (χ2v) is 17.5. The quantitative estimate of drug-likeness (QED) is 0.108. The summed E-state index contributed by atoms with van der Waals surface area (Å²) in [5.41, 5.74) is 5.11. The summed E-state index contributed by atoms with van der Waals surface area (Å²) in [6, 6.07) is 43.0. The summed E-state index contributed by atoms with van der Waals surface area (Å²) in [4.78, 5) is 14.2. The molecule has 5 heteroatoms. The van der Waals surface area contributed by atoms with Gasteiger partial charge in [-0.1, -0.05) is 100 Å². The summed E-state index contributed by atoms with van der Waals surface area (Å²) in [5.74, 6) is 0. The molecule has 0 amide bonds. The maximum absolute atomic E-state index is 10.0. The van der Waals surface area contributed by atoms with Gasteiger partial charge in [0.2, 0.25) is 0 Å². The second-order valence-electron chi connectivity index (χ2n) is 17.5. The number of aryl methyl sites for hydroxylation is 2. The molecular formula is C61H50IrN3O. The van der Waals surface area contributed by atoms with Crippen molar-refractivity contribution in [2.45, 2.75) is 64.1 Å². The largest absolute Gasteiger partial charge is 3.00 e. The van der Waals surface area contributed by atoms with E-state index in [1.807, 2.05) is 91.3 Å². The number of furan rings is 1. The predicted octanol–water partition coefficient (Wildman–Crippen LogP) is 14.7. The summed E-state index contributed by atoms with van der Waals surface area (Å²) in [6.07, 6.45) is -0.0433. The summed E-state index contributed by atoms with van der Waals surface area (Å²) in [6.45, 7) is 8.36. The first-order chi connectivity index (χ1) is 36.1. The molecule has 0 saturated heterocycles. The summed E-state index contributed by atoms with van der Waals surface area (Å²) in [5, 5.41) is -0.314. The van der Waals surface area contributed by atoms with E-state index >= 15 is 0 Å². The van der Waals surface area contributed by atoms with Crippen LogP contribution in [0.4, 0.5) is 0 Å². The molecule has 0 spiro atoms. The van der Waals surface area contributed by atoms with E-state index in [0.717, 1.165) is 44.8 Å². The molecular weight excluding hydrogens is 983 g/mol. The van der Waals surface area contributed by atoms with Crippen molar-refractivity contribution < 1.29 is 39.6 Å². The minimum atomic E-state index is -2.95. The predicted molar refractivity (Wildman–Crippen MR) is 266 cm³/mol. The number of hydrogen-bond acceptors (Lipinski definition) is 4. The Bertz CT molecular complexity index is 3720. The SMILES string of the molecule is [2H]c1c([2H])c([2H])c2c(oc3c([2H])c(-c4cc(-c5[c-]cccc5)ncc4C([2H])([2H])C([2H])([2H])c4cc(CC(C)(C)c5ccc(-c6[c-]cccc6)nc5)cc(CC(C)(C)c5ccc(-c6[c-]cccc6)nc5)c4)c([2H])c([2H])c32)c1[2H].[Ir+3]. The van der Waals surface area contributed by atoms with Crippen LogP contribution < -0.4 is 0 Å². The van der Waals surface area contributed by atoms with E-state index in [1.54, 1.807) is 36.4 Å². The van der Waals surface area contributed by atoms with E-state index < -0.39 is 65.9 Å². The molecule has 4 aromatic heterocycles. The fourth-order valence-electron chi connectivity index (χ4n) is 8.31. The van der Waals surface area contributed by atoms with Crippen LogP contribution in [0.3, 0.4) is 0 Å². The number of aromatic nitrogens is 3. The minimum Gasteiger partial charge on any atom is -0.456 e. The molecule has 0 radical (unpaired) electrons. The second kappa shape index (κ2) is 19.0. The van der Waals surface area contributed by atoms with E-state index in [0.29, 0.717) is 18.4 Å². The van der Waals surface area contributed by atoms with E-state index in [9.17, 15) is 9.60 Å². The standard InChI is InChI=1S/C61H50N3O.Ir/c1-60(2,50-27-30-55(63-40-50)45-16-8-5-9-17-45)37-43-32-42(33-44(34-43)38-61(3,4)51-28-31-56(64-41-51)46-18-10-6-11-19-46)24-25-49-39-62-57(47-20-12-7-13-21-47)36-54(49)48-26-29-53-52-22-14-15-23-58(52)65-59(53)35-48;/h5-16,18,20,22-23,26-36,39-41H,24-25,37-38H2,1-4H3;/q-3;+3/i14D,15D,22D,23D,24D2,25D2,26D,29D,35D;. The zero-order valence-corrected chi connectivity index (χ0v) is 39.2. The van der Waals surface area contributed by atoms with Crippen molar-refractivity contribution in [3.05, 3.63) is 234 Å². The number of pyridine rings is 3. The molecule has 6 aromatic carbocycles. The van der Waals surface area contributed by atoms with Crippen LogP contribution in [0.1, 0.15) is 76.2 Å². The monoisotopic (exact) mass is 1040 g/mol. The van der Waals surface area contributed by atoms with Crippen LogP contribution in [-0.2, 0) is 56.5 Å². The van der Waals surface area contributed by atoms with Gasteiger partial charge in [-0.05, 0) is 116 Å². The molecule has 0 aliphatic rings. The van der Waals surface area contributed by atoms with Gasteiger partial charge in [0.05, 0.1) is 9.60 Å². The van der Waals surface area contributed by atoms with Crippen molar-refractivity contribution in [1.29, 1.82) is 0 Å². The van der Waals surface area contributed by atoms with Gasteiger partial charge in [0.15, 0.2) is 0 Å². The first-order valence-electron chi connectivity index (χ1n) is 27.0. The number of fused-ring (bicyclic) bond motifs is 3. The average molecular weight is 1040 g/mol. The van der Waals surface area contributed by atoms with Crippen molar-refractivity contribution >= 4 is 21.9 Å². The van der Waals surface area contributed by atoms with Crippen LogP contribution in [0.15, 0.2) is 187 Å². The fourth-order valence-corrected chi connectivity index (χ4v) is 8.31. The Kier molecular flexibility index (Phi) is 9.43. The van der Waals surface area contributed by atoms with Gasteiger partial charge in [-0.2, -0.15) is 0 Å². The summed E-state index contributed by atoms with van der Waals surface area (Å²) in [7, 11) is 0. The Morgan fingerprint density at radius 3 is 1.62 bits per heavy atom. The number of rotatable bonds is 13. The topological polar surface area (TPSA) is 51.8 Å². The van der Waals surface area contributed by atoms with Crippen molar-refractivity contribution in [3.8, 4) is 44.9 Å². The Labute approximate surface area is 417 Å². The van der Waals surface area contributed by atoms with Crippen molar-refractivity contribution in [2.75, 3.05) is 0 Å². The molecule has 0 aliphatic carbocycles. The Balaban J connectivity index is 0.00000722. The van der Waals surface area contributed by atoms with Gasteiger partial charge in [-0.15, -0.1) is 108 Å². The van der Waals surface area contributed by atoms with Gasteiger partial charge in [-0.25, -0.2) is 0 Å². The van der Waals surface area contributed by atoms with Gasteiger partial charge in [0.25, 0.3) is 0 Å². The molecule has 0 N–H and O–H groups in total. The number of benzene rings is 6. The molecule has 4 heterocycles. The Hall–Kier alpha value is -6.78. The van der Waals surface area contributed by atoms with Gasteiger partial charge in [0.1, 0.15) is 11.2 Å². The summed E-state index contributed by atoms with van der Waals surface area (Å²) >= 11 is 0. The molecule has 0 unspecified atom stereocenters. The van der Waals surface area contributed by atoms with Crippen LogP contribution in [0.25, 0.3) is 66.8 Å². The van der Waals surface area contributed by atoms with Crippen molar-refractivity contribution in [3.63, 3.8) is 0 Å². The summed E-state index contributed by atoms with van der Waals surface area (Å²) < 4.78 is 108. The number of nitrogens with zero attached hydrogens (tertiary/aromatic N) is 3. The Morgan fingerprint density at radius 1 is 0.545 bits per heavy atom. The van der Waals surface area contributed by atoms with Crippen LogP contribution in [0.2, 0.25) is 0 Å². The molecule has 10 aromatic rings. The average Bonchev–Trinajstić information content (AvgIpc) is 3.84. The van der Waals surface area contributed by atoms with Gasteiger partial charge < -0.3 is 19.4 Å². The molecule has 0 fully saturated rings. The molecule has 0 aliphatic heterocycles. The molecule has 0 bridgehead atoms. The Morgan fingerprint density at radius 2 is 1.08 bits per heavy atom. The molecule has 10 rings (SSSR count). The zero-order valence-electron chi connectivity index (χ0n) is 47.8. The van der Waals surface area contributed by atoms with E-state index in [1.165, 1.54) is 12.3 Å². The smallest absolute Gasteiger partial charge is 0.456 e. The molecule has 4 nitrogen and oxygen atoms in total. The van der Waals surface area contributed by atoms with E-state index in [4.69, 9.17) is 19.9 Å².